The van der Waals surface area contributed by atoms with Crippen LogP contribution in [0.5, 0.6) is 0 Å². The molecule has 0 saturated carbocycles. The van der Waals surface area contributed by atoms with E-state index in [1.54, 1.807) is 0 Å². The quantitative estimate of drug-likeness (QED) is 0.512. The molecule has 0 spiro atoms. The zero-order valence-electron chi connectivity index (χ0n) is 9.29. The maximum atomic E-state index is 5.96. The topological polar surface area (TPSA) is 47.6 Å². The Morgan fingerprint density at radius 1 is 1.36 bits per heavy atom. The summed E-state index contributed by atoms with van der Waals surface area (Å²) in [5.41, 5.74) is 5.94. The molecule has 0 aromatic heterocycles. The molecule has 0 aromatic carbocycles. The van der Waals surface area contributed by atoms with E-state index in [9.17, 15) is 0 Å². The van der Waals surface area contributed by atoms with E-state index in [0.29, 0.717) is 18.2 Å². The van der Waals surface area contributed by atoms with E-state index >= 15 is 0 Å². The molecule has 2 aliphatic heterocycles. The Bertz CT molecular complexity index is 255. The van der Waals surface area contributed by atoms with Gasteiger partial charge in [0.1, 0.15) is 0 Å². The average molecular weight is 196 g/mol. The molecule has 3 atom stereocenters. The monoisotopic (exact) mass is 196 g/mol. The van der Waals surface area contributed by atoms with E-state index in [2.05, 4.69) is 25.8 Å². The molecule has 0 aromatic rings. The van der Waals surface area contributed by atoms with Gasteiger partial charge < -0.3 is 10.5 Å². The lowest BCUT2D eigenvalue weighted by atomic mass is 9.93. The fraction of sp³-hybridized carbons (Fsp3) is 0.909. The number of nitrogens with two attached hydrogens (primary N) is 1. The number of rotatable bonds is 1. The molecule has 2 N–H and O–H groups in total. The molecule has 14 heavy (non-hydrogen) atoms. The second kappa shape index (κ2) is 3.23. The van der Waals surface area contributed by atoms with E-state index in [1.807, 2.05) is 0 Å². The van der Waals surface area contributed by atoms with Gasteiger partial charge in [0.15, 0.2) is 0 Å². The Morgan fingerprint density at radius 3 is 2.50 bits per heavy atom. The Kier molecular flexibility index (Phi) is 2.30. The summed E-state index contributed by atoms with van der Waals surface area (Å²) in [5.74, 6) is 0.763. The van der Waals surface area contributed by atoms with Crippen molar-refractivity contribution in [1.82, 2.24) is 0 Å². The molecular weight excluding hydrogens is 176 g/mol. The van der Waals surface area contributed by atoms with Crippen molar-refractivity contribution in [3.05, 3.63) is 0 Å². The van der Waals surface area contributed by atoms with Gasteiger partial charge in [-0.2, -0.15) is 0 Å². The molecule has 3 unspecified atom stereocenters. The first-order chi connectivity index (χ1) is 6.47. The summed E-state index contributed by atoms with van der Waals surface area (Å²) in [4.78, 5) is 4.60. The number of hydrogen-bond acceptors (Lipinski definition) is 2. The van der Waals surface area contributed by atoms with Gasteiger partial charge >= 0.3 is 0 Å². The Labute approximate surface area is 85.7 Å². The number of hydrogen-bond donors (Lipinski definition) is 1. The number of ether oxygens (including phenoxy) is 1. The molecule has 2 bridgehead atoms. The molecule has 2 fully saturated rings. The van der Waals surface area contributed by atoms with Crippen LogP contribution in [0.4, 0.5) is 0 Å². The largest absolute Gasteiger partial charge is 0.387 e. The first-order valence-electron chi connectivity index (χ1n) is 5.46. The molecule has 2 aliphatic rings. The summed E-state index contributed by atoms with van der Waals surface area (Å²) in [7, 11) is 0. The fourth-order valence-corrected chi connectivity index (χ4v) is 2.12. The molecule has 0 amide bonds. The molecule has 3 heteroatoms. The molecule has 2 heterocycles. The zero-order chi connectivity index (χ0) is 10.3. The number of amidine groups is 1. The molecule has 0 radical (unpaired) electrons. The van der Waals surface area contributed by atoms with Crippen molar-refractivity contribution in [3.8, 4) is 0 Å². The van der Waals surface area contributed by atoms with Crippen LogP contribution in [0.15, 0.2) is 4.99 Å². The van der Waals surface area contributed by atoms with Crippen LogP contribution in [0.25, 0.3) is 0 Å². The smallest absolute Gasteiger partial charge is 0.0995 e. The van der Waals surface area contributed by atoms with Crippen LogP contribution in [0, 0.1) is 5.41 Å². The van der Waals surface area contributed by atoms with E-state index in [4.69, 9.17) is 10.5 Å². The number of nitrogens with zero attached hydrogens (tertiary/aromatic N) is 1. The van der Waals surface area contributed by atoms with Crippen molar-refractivity contribution < 1.29 is 4.74 Å². The third kappa shape index (κ3) is 1.78. The summed E-state index contributed by atoms with van der Waals surface area (Å²) in [6.45, 7) is 6.29. The van der Waals surface area contributed by atoms with Crippen LogP contribution in [-0.2, 0) is 4.74 Å². The normalized spacial score (nSPS) is 37.9. The third-order valence-corrected chi connectivity index (χ3v) is 3.15. The summed E-state index contributed by atoms with van der Waals surface area (Å²) in [5, 5.41) is 0. The SMILES string of the molecule is CC(C)(C)C(N)=NC1CC2CCC1O2. The minimum absolute atomic E-state index is 0.0121. The van der Waals surface area contributed by atoms with Crippen LogP contribution in [0.2, 0.25) is 0 Å². The van der Waals surface area contributed by atoms with Crippen LogP contribution < -0.4 is 5.73 Å². The first kappa shape index (κ1) is 9.97. The van der Waals surface area contributed by atoms with E-state index < -0.39 is 0 Å². The minimum atomic E-state index is -0.0121. The van der Waals surface area contributed by atoms with Gasteiger partial charge in [-0.05, 0) is 19.3 Å². The van der Waals surface area contributed by atoms with Gasteiger partial charge in [-0.3, -0.25) is 4.99 Å². The van der Waals surface area contributed by atoms with Gasteiger partial charge in [0, 0.05) is 5.41 Å². The highest BCUT2D eigenvalue weighted by molar-refractivity contribution is 5.85. The zero-order valence-corrected chi connectivity index (χ0v) is 9.29. The highest BCUT2D eigenvalue weighted by Gasteiger charge is 2.41. The van der Waals surface area contributed by atoms with Crippen molar-refractivity contribution in [1.29, 1.82) is 0 Å². The predicted octanol–water partition coefficient (Wildman–Crippen LogP) is 1.71. The Morgan fingerprint density at radius 2 is 2.07 bits per heavy atom. The van der Waals surface area contributed by atoms with Crippen LogP contribution in [0.3, 0.4) is 0 Å². The van der Waals surface area contributed by atoms with Crippen molar-refractivity contribution in [2.45, 2.75) is 58.3 Å². The van der Waals surface area contributed by atoms with Crippen molar-refractivity contribution in [2.24, 2.45) is 16.1 Å². The lowest BCUT2D eigenvalue weighted by Gasteiger charge is -2.21. The van der Waals surface area contributed by atoms with E-state index in [1.165, 1.54) is 6.42 Å². The lowest BCUT2D eigenvalue weighted by Crippen LogP contribution is -2.33. The number of aliphatic imine (C=N–C) groups is 1. The molecule has 3 nitrogen and oxygen atoms in total. The van der Waals surface area contributed by atoms with Crippen LogP contribution in [0.1, 0.15) is 40.0 Å². The van der Waals surface area contributed by atoms with Gasteiger partial charge in [0.2, 0.25) is 0 Å². The van der Waals surface area contributed by atoms with Crippen molar-refractivity contribution in [2.75, 3.05) is 0 Å². The van der Waals surface area contributed by atoms with Crippen LogP contribution in [-0.4, -0.2) is 24.1 Å². The van der Waals surface area contributed by atoms with Crippen molar-refractivity contribution in [3.63, 3.8) is 0 Å². The Hall–Kier alpha value is -0.570. The fourth-order valence-electron chi connectivity index (χ4n) is 2.12. The predicted molar refractivity (Wildman–Crippen MR) is 57.4 cm³/mol. The Balaban J connectivity index is 2.04. The minimum Gasteiger partial charge on any atom is -0.387 e. The maximum absolute atomic E-state index is 5.96. The molecule has 2 rings (SSSR count). The second-order valence-corrected chi connectivity index (χ2v) is 5.44. The van der Waals surface area contributed by atoms with Crippen molar-refractivity contribution >= 4 is 5.84 Å². The van der Waals surface area contributed by atoms with E-state index in [-0.39, 0.29) is 5.41 Å². The molecule has 0 aliphatic carbocycles. The summed E-state index contributed by atoms with van der Waals surface area (Å²) in [6.07, 6.45) is 4.26. The van der Waals surface area contributed by atoms with Gasteiger partial charge in [-0.15, -0.1) is 0 Å². The maximum Gasteiger partial charge on any atom is 0.0995 e. The third-order valence-electron chi connectivity index (χ3n) is 3.15. The van der Waals surface area contributed by atoms with Crippen LogP contribution >= 0.6 is 0 Å². The highest BCUT2D eigenvalue weighted by Crippen LogP contribution is 2.36. The summed E-state index contributed by atoms with van der Waals surface area (Å²) >= 11 is 0. The summed E-state index contributed by atoms with van der Waals surface area (Å²) < 4.78 is 5.74. The second-order valence-electron chi connectivity index (χ2n) is 5.44. The highest BCUT2D eigenvalue weighted by atomic mass is 16.5. The van der Waals surface area contributed by atoms with Gasteiger partial charge in [0.05, 0.1) is 24.1 Å². The standard InChI is InChI=1S/C11H20N2O/c1-11(2,3)10(12)13-8-6-7-4-5-9(8)14-7/h7-9H,4-6H2,1-3H3,(H2,12,13). The van der Waals surface area contributed by atoms with Gasteiger partial charge in [-0.25, -0.2) is 0 Å². The average Bonchev–Trinajstić information content (AvgIpc) is 2.62. The van der Waals surface area contributed by atoms with E-state index in [0.717, 1.165) is 18.7 Å². The van der Waals surface area contributed by atoms with Gasteiger partial charge in [-0.1, -0.05) is 20.8 Å². The summed E-state index contributed by atoms with van der Waals surface area (Å²) in [6, 6.07) is 0.327. The molecule has 2 saturated heterocycles. The molecule has 80 valence electrons. The van der Waals surface area contributed by atoms with Gasteiger partial charge in [0.25, 0.3) is 0 Å². The first-order valence-corrected chi connectivity index (χ1v) is 5.46. The lowest BCUT2D eigenvalue weighted by molar-refractivity contribution is 0.101. The molecular formula is C11H20N2O. The number of fused-ring (bicyclic) bond motifs is 2.